The summed E-state index contributed by atoms with van der Waals surface area (Å²) in [4.78, 5) is 2.55. The van der Waals surface area contributed by atoms with Crippen LogP contribution in [0.1, 0.15) is 25.8 Å². The van der Waals surface area contributed by atoms with Crippen molar-refractivity contribution in [3.8, 4) is 5.75 Å². The monoisotopic (exact) mass is 260 g/mol. The molecule has 1 atom stereocenters. The smallest absolute Gasteiger partial charge is 0.123 e. The molecule has 0 radical (unpaired) electrons. The van der Waals surface area contributed by atoms with E-state index in [0.717, 1.165) is 31.8 Å². The molecule has 2 aliphatic rings. The van der Waals surface area contributed by atoms with Gasteiger partial charge in [-0.1, -0.05) is 18.2 Å². The van der Waals surface area contributed by atoms with Crippen LogP contribution in [-0.2, 0) is 6.42 Å². The minimum atomic E-state index is 0.210. The molecule has 2 heterocycles. The molecule has 0 spiro atoms. The van der Waals surface area contributed by atoms with E-state index in [1.54, 1.807) is 0 Å². The van der Waals surface area contributed by atoms with Gasteiger partial charge in [-0.2, -0.15) is 0 Å². The summed E-state index contributed by atoms with van der Waals surface area (Å²) in [5, 5.41) is 3.61. The number of para-hydroxylation sites is 1. The summed E-state index contributed by atoms with van der Waals surface area (Å²) in [6.07, 6.45) is 2.61. The van der Waals surface area contributed by atoms with Gasteiger partial charge in [0.25, 0.3) is 0 Å². The number of fused-ring (bicyclic) bond motifs is 1. The minimum absolute atomic E-state index is 0.210. The molecule has 0 saturated carbocycles. The molecule has 104 valence electrons. The molecule has 1 fully saturated rings. The summed E-state index contributed by atoms with van der Waals surface area (Å²) < 4.78 is 6.06. The Morgan fingerprint density at radius 3 is 3.05 bits per heavy atom. The molecule has 1 unspecified atom stereocenters. The van der Waals surface area contributed by atoms with Crippen molar-refractivity contribution in [1.29, 1.82) is 0 Å². The van der Waals surface area contributed by atoms with Crippen LogP contribution >= 0.6 is 0 Å². The number of ether oxygens (including phenoxy) is 1. The highest BCUT2D eigenvalue weighted by atomic mass is 16.5. The van der Waals surface area contributed by atoms with Crippen LogP contribution in [0.15, 0.2) is 24.3 Å². The zero-order chi connectivity index (χ0) is 13.3. The van der Waals surface area contributed by atoms with Crippen molar-refractivity contribution in [2.45, 2.75) is 38.3 Å². The second kappa shape index (κ2) is 5.14. The number of hydrogen-bond acceptors (Lipinski definition) is 3. The van der Waals surface area contributed by atoms with Crippen molar-refractivity contribution in [3.63, 3.8) is 0 Å². The Morgan fingerprint density at radius 2 is 2.21 bits per heavy atom. The van der Waals surface area contributed by atoms with Crippen molar-refractivity contribution in [3.05, 3.63) is 29.8 Å². The topological polar surface area (TPSA) is 24.5 Å². The maximum absolute atomic E-state index is 6.06. The van der Waals surface area contributed by atoms with Gasteiger partial charge < -0.3 is 10.1 Å². The SMILES string of the molecule is CC1(C)CN(CC2Cc3ccccc3O2)CCCN1. The Morgan fingerprint density at radius 1 is 1.37 bits per heavy atom. The summed E-state index contributed by atoms with van der Waals surface area (Å²) >= 11 is 0. The average molecular weight is 260 g/mol. The van der Waals surface area contributed by atoms with Crippen molar-refractivity contribution in [2.75, 3.05) is 26.2 Å². The molecule has 0 aliphatic carbocycles. The third kappa shape index (κ3) is 3.10. The molecule has 3 nitrogen and oxygen atoms in total. The van der Waals surface area contributed by atoms with Gasteiger partial charge in [0.1, 0.15) is 11.9 Å². The Hall–Kier alpha value is -1.06. The first-order valence-electron chi connectivity index (χ1n) is 7.34. The van der Waals surface area contributed by atoms with Crippen LogP contribution in [0.25, 0.3) is 0 Å². The maximum Gasteiger partial charge on any atom is 0.123 e. The fraction of sp³-hybridized carbons (Fsp3) is 0.625. The molecule has 0 bridgehead atoms. The standard InChI is InChI=1S/C16H24N2O/c1-16(2)12-18(9-5-8-17-16)11-14-10-13-6-3-4-7-15(13)19-14/h3-4,6-7,14,17H,5,8-12H2,1-2H3. The molecule has 1 aromatic carbocycles. The van der Waals surface area contributed by atoms with Crippen LogP contribution in [0.2, 0.25) is 0 Å². The van der Waals surface area contributed by atoms with Crippen molar-refractivity contribution in [2.24, 2.45) is 0 Å². The lowest BCUT2D eigenvalue weighted by Crippen LogP contribution is -2.48. The maximum atomic E-state index is 6.06. The van der Waals surface area contributed by atoms with E-state index in [0.29, 0.717) is 6.10 Å². The number of hydrogen-bond donors (Lipinski definition) is 1. The average Bonchev–Trinajstić information content (AvgIpc) is 2.67. The van der Waals surface area contributed by atoms with Crippen LogP contribution in [0, 0.1) is 0 Å². The molecular weight excluding hydrogens is 236 g/mol. The van der Waals surface area contributed by atoms with E-state index >= 15 is 0 Å². The molecule has 3 rings (SSSR count). The molecule has 1 N–H and O–H groups in total. The number of nitrogens with one attached hydrogen (secondary N) is 1. The van der Waals surface area contributed by atoms with Crippen LogP contribution in [0.3, 0.4) is 0 Å². The van der Waals surface area contributed by atoms with Gasteiger partial charge in [0.05, 0.1) is 0 Å². The summed E-state index contributed by atoms with van der Waals surface area (Å²) in [7, 11) is 0. The van der Waals surface area contributed by atoms with Gasteiger partial charge in [-0.05, 0) is 45.0 Å². The predicted molar refractivity (Wildman–Crippen MR) is 77.7 cm³/mol. The van der Waals surface area contributed by atoms with Crippen molar-refractivity contribution >= 4 is 0 Å². The Kier molecular flexibility index (Phi) is 3.50. The van der Waals surface area contributed by atoms with Gasteiger partial charge in [0.15, 0.2) is 0 Å². The van der Waals surface area contributed by atoms with Crippen LogP contribution in [-0.4, -0.2) is 42.7 Å². The van der Waals surface area contributed by atoms with E-state index in [2.05, 4.69) is 48.3 Å². The predicted octanol–water partition coefficient (Wildman–Crippen LogP) is 2.06. The van der Waals surface area contributed by atoms with Gasteiger partial charge in [0.2, 0.25) is 0 Å². The van der Waals surface area contributed by atoms with Gasteiger partial charge in [-0.15, -0.1) is 0 Å². The van der Waals surface area contributed by atoms with Gasteiger partial charge >= 0.3 is 0 Å². The largest absolute Gasteiger partial charge is 0.488 e. The molecule has 2 aliphatic heterocycles. The first kappa shape index (κ1) is 12.9. The number of rotatable bonds is 2. The summed E-state index contributed by atoms with van der Waals surface area (Å²) in [6.45, 7) is 9.01. The lowest BCUT2D eigenvalue weighted by Gasteiger charge is -2.31. The van der Waals surface area contributed by atoms with Gasteiger partial charge in [-0.25, -0.2) is 0 Å². The molecule has 0 aromatic heterocycles. The Bertz CT molecular complexity index is 419. The second-order valence-electron chi connectivity index (χ2n) is 6.45. The third-order valence-corrected chi connectivity index (χ3v) is 4.05. The van der Waals surface area contributed by atoms with E-state index in [4.69, 9.17) is 4.74 Å². The van der Waals surface area contributed by atoms with E-state index in [1.807, 2.05) is 0 Å². The molecule has 19 heavy (non-hydrogen) atoms. The minimum Gasteiger partial charge on any atom is -0.488 e. The van der Waals surface area contributed by atoms with E-state index < -0.39 is 0 Å². The fourth-order valence-corrected chi connectivity index (χ4v) is 3.22. The molecular formula is C16H24N2O. The lowest BCUT2D eigenvalue weighted by molar-refractivity contribution is 0.138. The summed E-state index contributed by atoms with van der Waals surface area (Å²) in [5.74, 6) is 1.08. The van der Waals surface area contributed by atoms with Crippen LogP contribution < -0.4 is 10.1 Å². The van der Waals surface area contributed by atoms with Crippen LogP contribution in [0.5, 0.6) is 5.75 Å². The molecule has 3 heteroatoms. The Balaban J connectivity index is 1.61. The number of benzene rings is 1. The highest BCUT2D eigenvalue weighted by molar-refractivity contribution is 5.37. The highest BCUT2D eigenvalue weighted by Crippen LogP contribution is 2.28. The lowest BCUT2D eigenvalue weighted by atomic mass is 10.0. The second-order valence-corrected chi connectivity index (χ2v) is 6.45. The zero-order valence-corrected chi connectivity index (χ0v) is 12.0. The molecule has 0 amide bonds. The van der Waals surface area contributed by atoms with E-state index in [-0.39, 0.29) is 5.54 Å². The Labute approximate surface area is 115 Å². The first-order valence-corrected chi connectivity index (χ1v) is 7.34. The fourth-order valence-electron chi connectivity index (χ4n) is 3.22. The first-order chi connectivity index (χ1) is 9.12. The van der Waals surface area contributed by atoms with Crippen molar-refractivity contribution < 1.29 is 4.74 Å². The number of nitrogens with zero attached hydrogens (tertiary/aromatic N) is 1. The van der Waals surface area contributed by atoms with Crippen molar-refractivity contribution in [1.82, 2.24) is 10.2 Å². The summed E-state index contributed by atoms with van der Waals surface area (Å²) in [6, 6.07) is 8.43. The zero-order valence-electron chi connectivity index (χ0n) is 12.0. The highest BCUT2D eigenvalue weighted by Gasteiger charge is 2.28. The third-order valence-electron chi connectivity index (χ3n) is 4.05. The summed E-state index contributed by atoms with van der Waals surface area (Å²) in [5.41, 5.74) is 1.57. The van der Waals surface area contributed by atoms with Crippen LogP contribution in [0.4, 0.5) is 0 Å². The molecule has 1 aromatic rings. The van der Waals surface area contributed by atoms with Gasteiger partial charge in [-0.3, -0.25) is 4.90 Å². The van der Waals surface area contributed by atoms with Gasteiger partial charge in [0, 0.05) is 25.0 Å². The van der Waals surface area contributed by atoms with E-state index in [9.17, 15) is 0 Å². The quantitative estimate of drug-likeness (QED) is 0.881. The molecule has 1 saturated heterocycles. The normalized spacial score (nSPS) is 26.5. The van der Waals surface area contributed by atoms with E-state index in [1.165, 1.54) is 18.5 Å².